The normalized spacial score (nSPS) is 11.4. The van der Waals surface area contributed by atoms with Gasteiger partial charge in [0.15, 0.2) is 9.84 Å². The molecular weight excluding hydrogens is 390 g/mol. The molecule has 0 fully saturated rings. The van der Waals surface area contributed by atoms with Crippen molar-refractivity contribution in [3.8, 4) is 0 Å². The third-order valence-electron chi connectivity index (χ3n) is 4.46. The molecule has 0 aliphatic carbocycles. The number of aromatic nitrogens is 1. The summed E-state index contributed by atoms with van der Waals surface area (Å²) in [4.78, 5) is 17.0. The third-order valence-corrected chi connectivity index (χ3v) is 6.14. The maximum absolute atomic E-state index is 12.6. The van der Waals surface area contributed by atoms with Crippen LogP contribution in [-0.2, 0) is 26.9 Å². The summed E-state index contributed by atoms with van der Waals surface area (Å²) in [6.07, 6.45) is 2.96. The number of carbonyl (C=O) groups is 1. The summed E-state index contributed by atoms with van der Waals surface area (Å²) >= 11 is 0. The highest BCUT2D eigenvalue weighted by Crippen LogP contribution is 2.22. The second-order valence-corrected chi connectivity index (χ2v) is 8.41. The molecular formula is C22H17NO5S. The first-order valence-corrected chi connectivity index (χ1v) is 10.5. The fourth-order valence-corrected chi connectivity index (χ4v) is 4.41. The summed E-state index contributed by atoms with van der Waals surface area (Å²) in [7, 11) is -3.61. The van der Waals surface area contributed by atoms with Gasteiger partial charge in [0.1, 0.15) is 6.61 Å². The van der Waals surface area contributed by atoms with E-state index in [-0.39, 0.29) is 28.6 Å². The predicted octanol–water partition coefficient (Wildman–Crippen LogP) is 4.16. The Kier molecular flexibility index (Phi) is 5.14. The van der Waals surface area contributed by atoms with Crippen LogP contribution < -0.4 is 0 Å². The SMILES string of the molecule is O=C(OCc1cccc2cccnc12)c1occc1CS(=O)(=O)c1ccccc1. The van der Waals surface area contributed by atoms with Gasteiger partial charge in [-0.15, -0.1) is 0 Å². The molecule has 0 saturated carbocycles. The molecule has 4 aromatic rings. The van der Waals surface area contributed by atoms with Crippen LogP contribution in [0.3, 0.4) is 0 Å². The second-order valence-electron chi connectivity index (χ2n) is 6.42. The lowest BCUT2D eigenvalue weighted by atomic mass is 10.1. The summed E-state index contributed by atoms with van der Waals surface area (Å²) < 4.78 is 35.8. The monoisotopic (exact) mass is 407 g/mol. The average Bonchev–Trinajstić information content (AvgIpc) is 3.20. The minimum absolute atomic E-state index is 0.00123. The molecule has 0 amide bonds. The van der Waals surface area contributed by atoms with Crippen LogP contribution in [0.2, 0.25) is 0 Å². The smallest absolute Gasteiger partial charge is 0.374 e. The Labute approximate surface area is 167 Å². The van der Waals surface area contributed by atoms with Crippen LogP contribution in [0.5, 0.6) is 0 Å². The number of hydrogen-bond acceptors (Lipinski definition) is 6. The number of benzene rings is 2. The van der Waals surface area contributed by atoms with E-state index in [1.807, 2.05) is 30.3 Å². The largest absolute Gasteiger partial charge is 0.457 e. The molecule has 0 radical (unpaired) electrons. The van der Waals surface area contributed by atoms with Crippen molar-refractivity contribution in [1.82, 2.24) is 4.98 Å². The molecule has 0 atom stereocenters. The van der Waals surface area contributed by atoms with Crippen molar-refractivity contribution in [2.45, 2.75) is 17.3 Å². The van der Waals surface area contributed by atoms with Gasteiger partial charge in [0.25, 0.3) is 0 Å². The van der Waals surface area contributed by atoms with E-state index in [1.165, 1.54) is 24.5 Å². The Morgan fingerprint density at radius 1 is 0.931 bits per heavy atom. The number of sulfone groups is 1. The van der Waals surface area contributed by atoms with Crippen LogP contribution in [-0.4, -0.2) is 19.4 Å². The van der Waals surface area contributed by atoms with Gasteiger partial charge in [0.05, 0.1) is 22.4 Å². The van der Waals surface area contributed by atoms with Crippen molar-refractivity contribution in [1.29, 1.82) is 0 Å². The van der Waals surface area contributed by atoms with Gasteiger partial charge in [0, 0.05) is 22.7 Å². The van der Waals surface area contributed by atoms with Crippen LogP contribution in [0.15, 0.2) is 88.5 Å². The minimum Gasteiger partial charge on any atom is -0.457 e. The van der Waals surface area contributed by atoms with Crippen LogP contribution in [0.1, 0.15) is 21.7 Å². The van der Waals surface area contributed by atoms with Gasteiger partial charge in [-0.2, -0.15) is 0 Å². The molecule has 2 aromatic carbocycles. The number of furan rings is 1. The number of esters is 1. The van der Waals surface area contributed by atoms with Crippen molar-refractivity contribution in [3.05, 3.63) is 96.1 Å². The molecule has 2 heterocycles. The molecule has 0 aliphatic heterocycles. The van der Waals surface area contributed by atoms with Crippen molar-refractivity contribution < 1.29 is 22.4 Å². The maximum Gasteiger partial charge on any atom is 0.374 e. The fourth-order valence-electron chi connectivity index (χ4n) is 3.04. The number of carbonyl (C=O) groups excluding carboxylic acids is 1. The van der Waals surface area contributed by atoms with Gasteiger partial charge in [-0.25, -0.2) is 13.2 Å². The van der Waals surface area contributed by atoms with E-state index in [4.69, 9.17) is 9.15 Å². The lowest BCUT2D eigenvalue weighted by Gasteiger charge is -2.08. The molecule has 6 nitrogen and oxygen atoms in total. The van der Waals surface area contributed by atoms with E-state index < -0.39 is 15.8 Å². The van der Waals surface area contributed by atoms with Gasteiger partial charge in [0.2, 0.25) is 5.76 Å². The molecule has 0 unspecified atom stereocenters. The number of para-hydroxylation sites is 1. The lowest BCUT2D eigenvalue weighted by molar-refractivity contribution is 0.0436. The average molecular weight is 407 g/mol. The Hall–Kier alpha value is -3.45. The number of hydrogen-bond donors (Lipinski definition) is 0. The van der Waals surface area contributed by atoms with Gasteiger partial charge in [-0.1, -0.05) is 42.5 Å². The van der Waals surface area contributed by atoms with Crippen LogP contribution in [0.4, 0.5) is 0 Å². The zero-order chi connectivity index (χ0) is 20.3. The molecule has 146 valence electrons. The first-order valence-electron chi connectivity index (χ1n) is 8.88. The molecule has 0 aliphatic rings. The molecule has 0 N–H and O–H groups in total. The second kappa shape index (κ2) is 7.89. The molecule has 0 saturated heterocycles. The van der Waals surface area contributed by atoms with Crippen LogP contribution in [0, 0.1) is 0 Å². The first-order chi connectivity index (χ1) is 14.0. The summed E-state index contributed by atoms with van der Waals surface area (Å²) in [6, 6.07) is 18.9. The van der Waals surface area contributed by atoms with E-state index in [1.54, 1.807) is 24.4 Å². The van der Waals surface area contributed by atoms with E-state index in [9.17, 15) is 13.2 Å². The minimum atomic E-state index is -3.61. The number of rotatable bonds is 6. The lowest BCUT2D eigenvalue weighted by Crippen LogP contribution is -2.10. The van der Waals surface area contributed by atoms with Crippen LogP contribution >= 0.6 is 0 Å². The number of fused-ring (bicyclic) bond motifs is 1. The molecule has 29 heavy (non-hydrogen) atoms. The number of nitrogens with zero attached hydrogens (tertiary/aromatic N) is 1. The predicted molar refractivity (Wildman–Crippen MR) is 107 cm³/mol. The van der Waals surface area contributed by atoms with Gasteiger partial charge < -0.3 is 9.15 Å². The third kappa shape index (κ3) is 4.05. The highest BCUT2D eigenvalue weighted by molar-refractivity contribution is 7.90. The maximum atomic E-state index is 12.6. The topological polar surface area (TPSA) is 86.5 Å². The summed E-state index contributed by atoms with van der Waals surface area (Å²) in [5, 5.41) is 0.939. The van der Waals surface area contributed by atoms with Gasteiger partial charge in [-0.05, 0) is 24.3 Å². The van der Waals surface area contributed by atoms with Crippen molar-refractivity contribution >= 4 is 26.7 Å². The first kappa shape index (κ1) is 18.9. The summed E-state index contributed by atoms with van der Waals surface area (Å²) in [5.41, 5.74) is 1.76. The van der Waals surface area contributed by atoms with E-state index in [0.717, 1.165) is 16.5 Å². The molecule has 0 spiro atoms. The standard InChI is InChI=1S/C22H17NO5S/c24-22(28-14-17-7-4-6-16-8-5-12-23-20(16)17)21-18(11-13-27-21)15-29(25,26)19-9-2-1-3-10-19/h1-13H,14-15H2. The summed E-state index contributed by atoms with van der Waals surface area (Å²) in [5.74, 6) is -1.19. The van der Waals surface area contributed by atoms with Gasteiger partial charge >= 0.3 is 5.97 Å². The van der Waals surface area contributed by atoms with Crippen molar-refractivity contribution in [2.75, 3.05) is 0 Å². The number of ether oxygens (including phenoxy) is 1. The van der Waals surface area contributed by atoms with E-state index in [2.05, 4.69) is 4.98 Å². The zero-order valence-electron chi connectivity index (χ0n) is 15.3. The fraction of sp³-hybridized carbons (Fsp3) is 0.0909. The van der Waals surface area contributed by atoms with Crippen molar-refractivity contribution in [3.63, 3.8) is 0 Å². The molecule has 7 heteroatoms. The summed E-state index contributed by atoms with van der Waals surface area (Å²) in [6.45, 7) is -0.00123. The Bertz CT molecular complexity index is 1260. The highest BCUT2D eigenvalue weighted by Gasteiger charge is 2.23. The Morgan fingerprint density at radius 3 is 2.55 bits per heavy atom. The zero-order valence-corrected chi connectivity index (χ0v) is 16.1. The van der Waals surface area contributed by atoms with E-state index >= 15 is 0 Å². The Morgan fingerprint density at radius 2 is 1.72 bits per heavy atom. The van der Waals surface area contributed by atoms with E-state index in [0.29, 0.717) is 0 Å². The van der Waals surface area contributed by atoms with Crippen LogP contribution in [0.25, 0.3) is 10.9 Å². The molecule has 4 rings (SSSR count). The molecule has 2 aromatic heterocycles. The van der Waals surface area contributed by atoms with Crippen molar-refractivity contribution in [2.24, 2.45) is 0 Å². The highest BCUT2D eigenvalue weighted by atomic mass is 32.2. The number of pyridine rings is 1. The van der Waals surface area contributed by atoms with Gasteiger partial charge in [-0.3, -0.25) is 4.98 Å². The quantitative estimate of drug-likeness (QED) is 0.446. The Balaban J connectivity index is 1.51. The molecule has 0 bridgehead atoms.